The lowest BCUT2D eigenvalue weighted by molar-refractivity contribution is -0.232. The fraction of sp³-hybridized carbons (Fsp3) is 0.478. The normalized spacial score (nSPS) is 27.6. The van der Waals surface area contributed by atoms with Gasteiger partial charge in [0, 0.05) is 37.3 Å². The maximum atomic E-state index is 10.6. The zero-order valence-corrected chi connectivity index (χ0v) is 18.3. The Morgan fingerprint density at radius 1 is 1.06 bits per heavy atom. The molecule has 5 atom stereocenters. The molecule has 168 valence electrons. The minimum absolute atomic E-state index is 0.459. The smallest absolute Gasteiger partial charge is 0.130 e. The monoisotopic (exact) mass is 449 g/mol. The molecule has 0 radical (unpaired) electrons. The van der Waals surface area contributed by atoms with Gasteiger partial charge < -0.3 is 34.8 Å². The molecule has 0 aliphatic carbocycles. The number of benzene rings is 2. The quantitative estimate of drug-likeness (QED) is 0.548. The van der Waals surface area contributed by atoms with Gasteiger partial charge in [-0.2, -0.15) is 0 Å². The van der Waals surface area contributed by atoms with E-state index in [2.05, 4.69) is 0 Å². The Morgan fingerprint density at radius 3 is 2.42 bits per heavy atom. The van der Waals surface area contributed by atoms with Crippen molar-refractivity contribution in [2.24, 2.45) is 0 Å². The van der Waals surface area contributed by atoms with Crippen LogP contribution in [0.3, 0.4) is 0 Å². The Morgan fingerprint density at radius 2 is 1.77 bits per heavy atom. The van der Waals surface area contributed by atoms with Gasteiger partial charge in [-0.25, -0.2) is 0 Å². The van der Waals surface area contributed by atoms with Gasteiger partial charge in [0.15, 0.2) is 0 Å². The molecule has 31 heavy (non-hydrogen) atoms. The predicted molar refractivity (Wildman–Crippen MR) is 117 cm³/mol. The number of hydrogen-bond donors (Lipinski definition) is 4. The van der Waals surface area contributed by atoms with Gasteiger partial charge in [-0.1, -0.05) is 23.7 Å². The molecule has 2 aromatic carbocycles. The van der Waals surface area contributed by atoms with Crippen LogP contribution in [0.1, 0.15) is 28.4 Å². The fourth-order valence-corrected chi connectivity index (χ4v) is 4.57. The lowest BCUT2D eigenvalue weighted by Gasteiger charge is -2.40. The highest BCUT2D eigenvalue weighted by Crippen LogP contribution is 2.45. The summed E-state index contributed by atoms with van der Waals surface area (Å²) in [5.74, 6) is 0.543. The van der Waals surface area contributed by atoms with Crippen molar-refractivity contribution in [3.05, 3.63) is 57.6 Å². The van der Waals surface area contributed by atoms with E-state index >= 15 is 0 Å². The highest BCUT2D eigenvalue weighted by atomic mass is 35.5. The maximum absolute atomic E-state index is 10.6. The van der Waals surface area contributed by atoms with Gasteiger partial charge in [0.05, 0.1) is 18.2 Å². The molecule has 0 unspecified atom stereocenters. The summed E-state index contributed by atoms with van der Waals surface area (Å²) in [6, 6.07) is 10.0. The number of fused-ring (bicyclic) bond motifs is 1. The molecule has 0 spiro atoms. The van der Waals surface area contributed by atoms with Crippen molar-refractivity contribution >= 4 is 17.3 Å². The van der Waals surface area contributed by atoms with Crippen LogP contribution < -0.4 is 9.64 Å². The number of anilines is 1. The first-order valence-electron chi connectivity index (χ1n) is 10.4. The standard InChI is InChI=1S/C23H28ClNO6/c1-25(2)14-5-3-12(4-6-14)9-13-10-16(22-15(18(13)24)7-8-30-22)23-21(29)20(28)19(27)17(11-26)31-23/h3-6,10,17,19-21,23,26-29H,7-9,11H2,1-2H3/t17-,19-,20+,21-,23+/m1/s1. The van der Waals surface area contributed by atoms with Crippen molar-refractivity contribution in [3.63, 3.8) is 0 Å². The molecular weight excluding hydrogens is 422 g/mol. The van der Waals surface area contributed by atoms with E-state index in [4.69, 9.17) is 21.1 Å². The van der Waals surface area contributed by atoms with E-state index in [0.29, 0.717) is 35.8 Å². The molecule has 0 saturated carbocycles. The summed E-state index contributed by atoms with van der Waals surface area (Å²) in [4.78, 5) is 2.03. The molecule has 0 amide bonds. The second kappa shape index (κ2) is 8.94. The fourth-order valence-electron chi connectivity index (χ4n) is 4.26. The Balaban J connectivity index is 1.71. The van der Waals surface area contributed by atoms with Gasteiger partial charge in [-0.15, -0.1) is 0 Å². The molecule has 2 aromatic rings. The van der Waals surface area contributed by atoms with Crippen LogP contribution in [0, 0.1) is 0 Å². The molecule has 7 nitrogen and oxygen atoms in total. The highest BCUT2D eigenvalue weighted by Gasteiger charge is 2.45. The van der Waals surface area contributed by atoms with Gasteiger partial charge in [0.25, 0.3) is 0 Å². The van der Waals surface area contributed by atoms with Crippen molar-refractivity contribution in [2.75, 3.05) is 32.2 Å². The number of nitrogens with zero attached hydrogens (tertiary/aromatic N) is 1. The molecule has 4 rings (SSSR count). The third kappa shape index (κ3) is 4.14. The zero-order valence-electron chi connectivity index (χ0n) is 17.5. The van der Waals surface area contributed by atoms with E-state index < -0.39 is 37.1 Å². The van der Waals surface area contributed by atoms with Gasteiger partial charge in [-0.3, -0.25) is 0 Å². The number of halogens is 1. The molecule has 0 aromatic heterocycles. The van der Waals surface area contributed by atoms with Crippen molar-refractivity contribution in [1.82, 2.24) is 0 Å². The van der Waals surface area contributed by atoms with Crippen LogP contribution in [0.4, 0.5) is 5.69 Å². The van der Waals surface area contributed by atoms with Crippen LogP contribution in [0.2, 0.25) is 5.02 Å². The number of ether oxygens (including phenoxy) is 2. The lowest BCUT2D eigenvalue weighted by Crippen LogP contribution is -2.55. The summed E-state index contributed by atoms with van der Waals surface area (Å²) in [7, 11) is 3.97. The van der Waals surface area contributed by atoms with E-state index in [-0.39, 0.29) is 0 Å². The summed E-state index contributed by atoms with van der Waals surface area (Å²) >= 11 is 6.72. The Hall–Kier alpha value is -1.87. The lowest BCUT2D eigenvalue weighted by atomic mass is 9.88. The second-order valence-corrected chi connectivity index (χ2v) is 8.71. The summed E-state index contributed by atoms with van der Waals surface area (Å²) in [5.41, 5.74) is 4.44. The van der Waals surface area contributed by atoms with E-state index in [0.717, 1.165) is 22.4 Å². The van der Waals surface area contributed by atoms with Crippen LogP contribution in [0.25, 0.3) is 0 Å². The van der Waals surface area contributed by atoms with E-state index in [1.54, 1.807) is 0 Å². The van der Waals surface area contributed by atoms with Gasteiger partial charge >= 0.3 is 0 Å². The van der Waals surface area contributed by atoms with Crippen LogP contribution in [-0.4, -0.2) is 72.2 Å². The summed E-state index contributed by atoms with van der Waals surface area (Å²) in [5, 5.41) is 41.2. The van der Waals surface area contributed by atoms with Gasteiger partial charge in [0.1, 0.15) is 36.3 Å². The Labute approximate surface area is 186 Å². The van der Waals surface area contributed by atoms with Crippen molar-refractivity contribution in [3.8, 4) is 5.75 Å². The third-order valence-electron chi connectivity index (χ3n) is 6.06. The van der Waals surface area contributed by atoms with Crippen molar-refractivity contribution in [2.45, 2.75) is 43.4 Å². The molecule has 2 heterocycles. The third-order valence-corrected chi connectivity index (χ3v) is 6.53. The number of aliphatic hydroxyl groups excluding tert-OH is 4. The zero-order chi connectivity index (χ0) is 22.3. The predicted octanol–water partition coefficient (Wildman–Crippen LogP) is 1.45. The van der Waals surface area contributed by atoms with E-state index in [1.807, 2.05) is 49.3 Å². The summed E-state index contributed by atoms with van der Waals surface area (Å²) < 4.78 is 11.6. The Kier molecular flexibility index (Phi) is 6.44. The summed E-state index contributed by atoms with van der Waals surface area (Å²) in [6.07, 6.45) is -4.99. The minimum Gasteiger partial charge on any atom is -0.493 e. The number of aliphatic hydroxyl groups is 4. The summed E-state index contributed by atoms with van der Waals surface area (Å²) in [6.45, 7) is -0.0242. The first-order chi connectivity index (χ1) is 14.8. The first-order valence-corrected chi connectivity index (χ1v) is 10.7. The second-order valence-electron chi connectivity index (χ2n) is 8.33. The molecule has 1 saturated heterocycles. The maximum Gasteiger partial charge on any atom is 0.130 e. The van der Waals surface area contributed by atoms with Crippen LogP contribution >= 0.6 is 11.6 Å². The van der Waals surface area contributed by atoms with E-state index in [1.165, 1.54) is 0 Å². The molecule has 2 aliphatic heterocycles. The molecule has 8 heteroatoms. The van der Waals surface area contributed by atoms with Gasteiger partial charge in [-0.05, 0) is 35.7 Å². The molecule has 4 N–H and O–H groups in total. The number of hydrogen-bond acceptors (Lipinski definition) is 7. The molecule has 0 bridgehead atoms. The Bertz CT molecular complexity index is 933. The SMILES string of the molecule is CN(C)c1ccc(Cc2cc([C@@H]3O[C@H](CO)[C@@H](O)[C@H](O)[C@H]3O)c3c(c2Cl)CCO3)cc1. The highest BCUT2D eigenvalue weighted by molar-refractivity contribution is 6.32. The molecular formula is C23H28ClNO6. The average molecular weight is 450 g/mol. The van der Waals surface area contributed by atoms with Crippen LogP contribution in [-0.2, 0) is 17.6 Å². The van der Waals surface area contributed by atoms with Gasteiger partial charge in [0.2, 0.25) is 0 Å². The first kappa shape index (κ1) is 22.3. The van der Waals surface area contributed by atoms with Crippen molar-refractivity contribution < 1.29 is 29.9 Å². The average Bonchev–Trinajstić information content (AvgIpc) is 3.25. The van der Waals surface area contributed by atoms with Crippen molar-refractivity contribution in [1.29, 1.82) is 0 Å². The van der Waals surface area contributed by atoms with Crippen LogP contribution in [0.5, 0.6) is 5.75 Å². The van der Waals surface area contributed by atoms with Crippen LogP contribution in [0.15, 0.2) is 30.3 Å². The largest absolute Gasteiger partial charge is 0.493 e. The van der Waals surface area contributed by atoms with E-state index in [9.17, 15) is 20.4 Å². The molecule has 1 fully saturated rings. The minimum atomic E-state index is -1.45. The molecule has 2 aliphatic rings. The number of rotatable bonds is 5. The topological polar surface area (TPSA) is 103 Å².